The van der Waals surface area contributed by atoms with Gasteiger partial charge in [0, 0.05) is 17.8 Å². The van der Waals surface area contributed by atoms with E-state index in [-0.39, 0.29) is 0 Å². The molecule has 0 bridgehead atoms. The molecule has 13 heavy (non-hydrogen) atoms. The van der Waals surface area contributed by atoms with Gasteiger partial charge in [-0.25, -0.2) is 0 Å². The molecule has 2 heteroatoms. The molecule has 2 radical (unpaired) electrons. The molecule has 0 unspecified atom stereocenters. The van der Waals surface area contributed by atoms with E-state index in [1.165, 1.54) is 10.2 Å². The van der Waals surface area contributed by atoms with E-state index in [1.54, 1.807) is 11.3 Å². The van der Waals surface area contributed by atoms with E-state index in [4.69, 9.17) is 0 Å². The van der Waals surface area contributed by atoms with Crippen molar-refractivity contribution in [2.24, 2.45) is 0 Å². The summed E-state index contributed by atoms with van der Waals surface area (Å²) in [5.41, 5.74) is 2.39. The largest absolute Gasteiger partial charge is 0.303 e. The summed E-state index contributed by atoms with van der Waals surface area (Å²) in [6, 6.07) is 14.6. The van der Waals surface area contributed by atoms with Gasteiger partial charge in [0.05, 0.1) is 10.2 Å². The van der Waals surface area contributed by atoms with Crippen LogP contribution < -0.4 is 0 Å². The first-order chi connectivity index (χ1) is 6.36. The minimum atomic E-state index is 1.13. The number of rotatable bonds is 0. The molecule has 0 N–H and O–H groups in total. The lowest BCUT2D eigenvalue weighted by atomic mass is 10.3. The summed E-state index contributed by atoms with van der Waals surface area (Å²) >= 11 is 1.76. The molecule has 0 aliphatic heterocycles. The van der Waals surface area contributed by atoms with Gasteiger partial charge in [0.2, 0.25) is 0 Å². The van der Waals surface area contributed by atoms with E-state index < -0.39 is 0 Å². The van der Waals surface area contributed by atoms with E-state index in [0.29, 0.717) is 0 Å². The molecule has 0 fully saturated rings. The predicted molar refractivity (Wildman–Crippen MR) is 55.2 cm³/mol. The topological polar surface area (TPSA) is 4.41 Å². The SMILES string of the molecule is Cc1[c][c]c2sc3ccccc3n12. The van der Waals surface area contributed by atoms with Crippen molar-refractivity contribution in [1.29, 1.82) is 0 Å². The fraction of sp³-hybridized carbons (Fsp3) is 0.0909. The number of aryl methyl sites for hydroxylation is 1. The van der Waals surface area contributed by atoms with Crippen LogP contribution in [-0.4, -0.2) is 4.40 Å². The summed E-state index contributed by atoms with van der Waals surface area (Å²) in [7, 11) is 0. The number of hydrogen-bond donors (Lipinski definition) is 0. The van der Waals surface area contributed by atoms with E-state index in [1.807, 2.05) is 0 Å². The Labute approximate surface area is 80.2 Å². The smallest absolute Gasteiger partial charge is 0.109 e. The highest BCUT2D eigenvalue weighted by atomic mass is 32.1. The zero-order valence-electron chi connectivity index (χ0n) is 7.16. The third-order valence-electron chi connectivity index (χ3n) is 2.20. The molecule has 1 nitrogen and oxygen atoms in total. The molecule has 2 aromatic heterocycles. The second-order valence-corrected chi connectivity index (χ2v) is 4.08. The lowest BCUT2D eigenvalue weighted by Crippen LogP contribution is -1.81. The Hall–Kier alpha value is -1.28. The maximum absolute atomic E-state index is 3.13. The molecule has 0 amide bonds. The van der Waals surface area contributed by atoms with Gasteiger partial charge in [-0.2, -0.15) is 0 Å². The van der Waals surface area contributed by atoms with Crippen molar-refractivity contribution >= 4 is 26.4 Å². The third kappa shape index (κ3) is 0.864. The van der Waals surface area contributed by atoms with Crippen molar-refractivity contribution in [3.63, 3.8) is 0 Å². The molecule has 0 atom stereocenters. The van der Waals surface area contributed by atoms with Crippen LogP contribution in [-0.2, 0) is 0 Å². The predicted octanol–water partition coefficient (Wildman–Crippen LogP) is 3.06. The van der Waals surface area contributed by atoms with Crippen molar-refractivity contribution in [1.82, 2.24) is 4.40 Å². The van der Waals surface area contributed by atoms with Crippen LogP contribution >= 0.6 is 11.3 Å². The van der Waals surface area contributed by atoms with Gasteiger partial charge in [-0.1, -0.05) is 12.1 Å². The second kappa shape index (κ2) is 2.36. The van der Waals surface area contributed by atoms with Crippen molar-refractivity contribution in [3.8, 4) is 0 Å². The minimum absolute atomic E-state index is 1.13. The Balaban J connectivity index is 2.66. The zero-order valence-corrected chi connectivity index (χ0v) is 7.98. The van der Waals surface area contributed by atoms with Gasteiger partial charge >= 0.3 is 0 Å². The first-order valence-electron chi connectivity index (χ1n) is 4.16. The van der Waals surface area contributed by atoms with Gasteiger partial charge in [-0.15, -0.1) is 11.3 Å². The molecule has 2 heterocycles. The van der Waals surface area contributed by atoms with Crippen LogP contribution in [0.25, 0.3) is 15.0 Å². The van der Waals surface area contributed by atoms with Crippen LogP contribution in [0, 0.1) is 19.1 Å². The first-order valence-corrected chi connectivity index (χ1v) is 4.97. The van der Waals surface area contributed by atoms with Crippen LogP contribution in [0.1, 0.15) is 5.69 Å². The molecule has 0 aliphatic carbocycles. The molecule has 0 aliphatic rings. The fourth-order valence-electron chi connectivity index (χ4n) is 1.60. The van der Waals surface area contributed by atoms with E-state index in [0.717, 1.165) is 10.5 Å². The fourth-order valence-corrected chi connectivity index (χ4v) is 2.65. The highest BCUT2D eigenvalue weighted by Gasteiger charge is 2.05. The molecule has 1 aromatic carbocycles. The second-order valence-electron chi connectivity index (χ2n) is 3.05. The van der Waals surface area contributed by atoms with Crippen LogP contribution in [0.15, 0.2) is 24.3 Å². The number of hydrogen-bond acceptors (Lipinski definition) is 1. The average Bonchev–Trinajstić information content (AvgIpc) is 2.66. The minimum Gasteiger partial charge on any atom is -0.303 e. The number of aromatic nitrogens is 1. The van der Waals surface area contributed by atoms with Crippen LogP contribution in [0.5, 0.6) is 0 Å². The summed E-state index contributed by atoms with van der Waals surface area (Å²) in [4.78, 5) is 1.15. The summed E-state index contributed by atoms with van der Waals surface area (Å²) in [6.07, 6.45) is 0. The summed E-state index contributed by atoms with van der Waals surface area (Å²) in [5, 5.41) is 0. The summed E-state index contributed by atoms with van der Waals surface area (Å²) in [6.45, 7) is 2.06. The highest BCUT2D eigenvalue weighted by molar-refractivity contribution is 7.23. The summed E-state index contributed by atoms with van der Waals surface area (Å²) in [5.74, 6) is 0. The van der Waals surface area contributed by atoms with Gasteiger partial charge in [0.15, 0.2) is 0 Å². The molecule has 0 saturated heterocycles. The number of benzene rings is 1. The van der Waals surface area contributed by atoms with Gasteiger partial charge in [-0.3, -0.25) is 0 Å². The number of thiazole rings is 1. The monoisotopic (exact) mass is 185 g/mol. The molecule has 3 aromatic rings. The van der Waals surface area contributed by atoms with Crippen molar-refractivity contribution in [2.75, 3.05) is 0 Å². The van der Waals surface area contributed by atoms with Gasteiger partial charge < -0.3 is 4.40 Å². The van der Waals surface area contributed by atoms with Crippen LogP contribution in [0.3, 0.4) is 0 Å². The standard InChI is InChI=1S/C11H7NS/c1-8-6-7-11-12(8)9-4-2-3-5-10(9)13-11/h2-5H,1H3. The maximum Gasteiger partial charge on any atom is 0.109 e. The Bertz CT molecular complexity index is 574. The molecule has 3 rings (SSSR count). The molecule has 0 saturated carbocycles. The van der Waals surface area contributed by atoms with Gasteiger partial charge in [-0.05, 0) is 19.1 Å². The molecular formula is C11H7NS. The van der Waals surface area contributed by atoms with E-state index >= 15 is 0 Å². The molecule has 0 spiro atoms. The van der Waals surface area contributed by atoms with Crippen molar-refractivity contribution in [2.45, 2.75) is 6.92 Å². The van der Waals surface area contributed by atoms with E-state index in [9.17, 15) is 0 Å². The number of fused-ring (bicyclic) bond motifs is 3. The third-order valence-corrected chi connectivity index (χ3v) is 3.24. The van der Waals surface area contributed by atoms with Gasteiger partial charge in [0.1, 0.15) is 4.83 Å². The lowest BCUT2D eigenvalue weighted by Gasteiger charge is -1.92. The Morgan fingerprint density at radius 3 is 3.00 bits per heavy atom. The van der Waals surface area contributed by atoms with Gasteiger partial charge in [0.25, 0.3) is 0 Å². The first kappa shape index (κ1) is 7.15. The quantitative estimate of drug-likeness (QED) is 0.507. The maximum atomic E-state index is 3.13. The normalized spacial score (nSPS) is 11.5. The van der Waals surface area contributed by atoms with Crippen LogP contribution in [0.4, 0.5) is 0 Å². The Morgan fingerprint density at radius 2 is 2.08 bits per heavy atom. The van der Waals surface area contributed by atoms with Crippen LogP contribution in [0.2, 0.25) is 0 Å². The zero-order chi connectivity index (χ0) is 8.84. The lowest BCUT2D eigenvalue weighted by molar-refractivity contribution is 1.18. The Kier molecular flexibility index (Phi) is 1.30. The highest BCUT2D eigenvalue weighted by Crippen LogP contribution is 2.27. The Morgan fingerprint density at radius 1 is 1.23 bits per heavy atom. The number of nitrogens with zero attached hydrogens (tertiary/aromatic N) is 1. The van der Waals surface area contributed by atoms with E-state index in [2.05, 4.69) is 47.7 Å². The molecule has 62 valence electrons. The molecular weight excluding hydrogens is 178 g/mol. The summed E-state index contributed by atoms with van der Waals surface area (Å²) < 4.78 is 3.51. The average molecular weight is 185 g/mol. The number of para-hydroxylation sites is 1. The van der Waals surface area contributed by atoms with Crippen molar-refractivity contribution in [3.05, 3.63) is 42.1 Å². The van der Waals surface area contributed by atoms with Crippen molar-refractivity contribution < 1.29 is 0 Å².